The van der Waals surface area contributed by atoms with E-state index in [0.717, 1.165) is 10.5 Å². The van der Waals surface area contributed by atoms with Crippen molar-refractivity contribution in [2.24, 2.45) is 0 Å². The first-order valence-corrected chi connectivity index (χ1v) is 13.3. The molecule has 0 aromatic heterocycles. The minimum Gasteiger partial charge on any atom is -0.490 e. The number of amides is 5. The minimum absolute atomic E-state index is 0.0277. The quantitative estimate of drug-likeness (QED) is 0.219. The van der Waals surface area contributed by atoms with Crippen molar-refractivity contribution in [3.63, 3.8) is 0 Å². The zero-order valence-corrected chi connectivity index (χ0v) is 23.7. The van der Waals surface area contributed by atoms with Gasteiger partial charge in [-0.25, -0.2) is 14.1 Å². The molecular formula is C29H26BrFN4O6. The highest BCUT2D eigenvalue weighted by Gasteiger charge is 2.35. The lowest BCUT2D eigenvalue weighted by Crippen LogP contribution is -2.38. The van der Waals surface area contributed by atoms with E-state index in [0.29, 0.717) is 21.4 Å². The third kappa shape index (κ3) is 7.70. The third-order valence-electron chi connectivity index (χ3n) is 5.68. The lowest BCUT2D eigenvalue weighted by molar-refractivity contribution is -0.127. The second-order valence-electron chi connectivity index (χ2n) is 8.90. The van der Waals surface area contributed by atoms with Gasteiger partial charge in [0.2, 0.25) is 5.91 Å². The Hall–Kier alpha value is -4.71. The molecule has 0 unspecified atom stereocenters. The number of hydrogen-bond donors (Lipinski definition) is 3. The van der Waals surface area contributed by atoms with Crippen LogP contribution in [0.1, 0.15) is 18.1 Å². The van der Waals surface area contributed by atoms with Gasteiger partial charge in [0.25, 0.3) is 11.8 Å². The molecule has 0 atom stereocenters. The fraction of sp³-hybridized carbons (Fsp3) is 0.172. The van der Waals surface area contributed by atoms with E-state index in [9.17, 15) is 23.6 Å². The van der Waals surface area contributed by atoms with E-state index < -0.39 is 36.1 Å². The number of carbonyl (C=O) groups is 4. The molecule has 3 aromatic carbocycles. The molecule has 212 valence electrons. The highest BCUT2D eigenvalue weighted by Crippen LogP contribution is 2.37. The number of benzene rings is 3. The number of rotatable bonds is 10. The van der Waals surface area contributed by atoms with Crippen molar-refractivity contribution in [2.45, 2.75) is 13.8 Å². The summed E-state index contributed by atoms with van der Waals surface area (Å²) in [5.41, 5.74) is 2.38. The third-order valence-corrected chi connectivity index (χ3v) is 6.27. The molecule has 12 heteroatoms. The van der Waals surface area contributed by atoms with E-state index in [1.807, 2.05) is 13.0 Å². The van der Waals surface area contributed by atoms with Crippen LogP contribution in [-0.2, 0) is 14.4 Å². The normalized spacial score (nSPS) is 13.7. The maximum Gasteiger partial charge on any atom is 0.329 e. The number of nitrogens with zero attached hydrogens (tertiary/aromatic N) is 1. The highest BCUT2D eigenvalue weighted by molar-refractivity contribution is 9.10. The largest absolute Gasteiger partial charge is 0.490 e. The van der Waals surface area contributed by atoms with Crippen molar-refractivity contribution >= 4 is 57.1 Å². The average molecular weight is 625 g/mol. The van der Waals surface area contributed by atoms with Gasteiger partial charge in [-0.3, -0.25) is 14.4 Å². The van der Waals surface area contributed by atoms with E-state index >= 15 is 0 Å². The van der Waals surface area contributed by atoms with E-state index in [1.54, 1.807) is 37.3 Å². The van der Waals surface area contributed by atoms with Crippen LogP contribution in [0.15, 0.2) is 70.8 Å². The monoisotopic (exact) mass is 624 g/mol. The number of imide groups is 1. The van der Waals surface area contributed by atoms with Crippen molar-refractivity contribution in [2.75, 3.05) is 30.4 Å². The Balaban J connectivity index is 1.44. The van der Waals surface area contributed by atoms with Gasteiger partial charge < -0.3 is 25.4 Å². The summed E-state index contributed by atoms with van der Waals surface area (Å²) >= 11 is 3.41. The molecule has 1 aliphatic rings. The fourth-order valence-electron chi connectivity index (χ4n) is 3.89. The standard InChI is InChI=1S/C29H26BrFN4O6/c1-3-40-24-14-18(12-22(30)27(24)41-16-26(37)32-20-9-7-19(31)8-10-20)13-23-28(38)35(29(39)34-23)15-25(36)33-21-6-4-5-17(2)11-21/h4-14H,3,15-16H2,1-2H3,(H,32,37)(H,33,36)(H,34,39)/b23-13+. The molecule has 1 heterocycles. The van der Waals surface area contributed by atoms with Crippen LogP contribution in [0.4, 0.5) is 20.6 Å². The van der Waals surface area contributed by atoms with Crippen molar-refractivity contribution in [1.82, 2.24) is 10.2 Å². The van der Waals surface area contributed by atoms with Crippen LogP contribution < -0.4 is 25.4 Å². The Morgan fingerprint density at radius 2 is 1.73 bits per heavy atom. The zero-order chi connectivity index (χ0) is 29.5. The summed E-state index contributed by atoms with van der Waals surface area (Å²) in [5, 5.41) is 7.77. The summed E-state index contributed by atoms with van der Waals surface area (Å²) in [7, 11) is 0. The molecule has 0 saturated carbocycles. The fourth-order valence-corrected chi connectivity index (χ4v) is 4.47. The first-order valence-electron chi connectivity index (χ1n) is 12.5. The van der Waals surface area contributed by atoms with E-state index in [4.69, 9.17) is 9.47 Å². The van der Waals surface area contributed by atoms with Crippen LogP contribution in [0, 0.1) is 12.7 Å². The molecular weight excluding hydrogens is 599 g/mol. The SMILES string of the molecule is CCOc1cc(/C=C2/NC(=O)N(CC(=O)Nc3cccc(C)c3)C2=O)cc(Br)c1OCC(=O)Nc1ccc(F)cc1. The lowest BCUT2D eigenvalue weighted by Gasteiger charge is -2.15. The van der Waals surface area contributed by atoms with Crippen LogP contribution in [0.3, 0.4) is 0 Å². The molecule has 1 aliphatic heterocycles. The van der Waals surface area contributed by atoms with Crippen LogP contribution >= 0.6 is 15.9 Å². The van der Waals surface area contributed by atoms with Crippen LogP contribution in [0.5, 0.6) is 11.5 Å². The maximum absolute atomic E-state index is 13.1. The smallest absolute Gasteiger partial charge is 0.329 e. The predicted octanol–water partition coefficient (Wildman–Crippen LogP) is 4.84. The van der Waals surface area contributed by atoms with Gasteiger partial charge in [0, 0.05) is 11.4 Å². The van der Waals surface area contributed by atoms with Crippen molar-refractivity contribution in [3.8, 4) is 11.5 Å². The Labute approximate surface area is 243 Å². The molecule has 3 aromatic rings. The van der Waals surface area contributed by atoms with Gasteiger partial charge in [0.15, 0.2) is 18.1 Å². The van der Waals surface area contributed by atoms with Gasteiger partial charge in [-0.05, 0) is 95.5 Å². The van der Waals surface area contributed by atoms with Crippen molar-refractivity contribution in [3.05, 3.63) is 87.8 Å². The molecule has 0 aliphatic carbocycles. The summed E-state index contributed by atoms with van der Waals surface area (Å²) < 4.78 is 24.9. The first kappa shape index (κ1) is 29.3. The number of aryl methyl sites for hydroxylation is 1. The summed E-state index contributed by atoms with van der Waals surface area (Å²) in [4.78, 5) is 51.0. The Morgan fingerprint density at radius 1 is 1.00 bits per heavy atom. The Morgan fingerprint density at radius 3 is 2.44 bits per heavy atom. The van der Waals surface area contributed by atoms with Gasteiger partial charge in [-0.2, -0.15) is 0 Å². The molecule has 1 fully saturated rings. The predicted molar refractivity (Wildman–Crippen MR) is 154 cm³/mol. The van der Waals surface area contributed by atoms with Crippen molar-refractivity contribution < 1.29 is 33.0 Å². The molecule has 10 nitrogen and oxygen atoms in total. The molecule has 41 heavy (non-hydrogen) atoms. The van der Waals surface area contributed by atoms with Crippen LogP contribution in [-0.4, -0.2) is 48.4 Å². The van der Waals surface area contributed by atoms with E-state index in [-0.39, 0.29) is 30.4 Å². The van der Waals surface area contributed by atoms with Gasteiger partial charge in [0.1, 0.15) is 18.1 Å². The van der Waals surface area contributed by atoms with Gasteiger partial charge in [0.05, 0.1) is 11.1 Å². The summed E-state index contributed by atoms with van der Waals surface area (Å²) in [5.74, 6) is -1.54. The topological polar surface area (TPSA) is 126 Å². The van der Waals surface area contributed by atoms with Gasteiger partial charge >= 0.3 is 6.03 Å². The zero-order valence-electron chi connectivity index (χ0n) is 22.1. The van der Waals surface area contributed by atoms with Crippen LogP contribution in [0.25, 0.3) is 6.08 Å². The molecule has 5 amide bonds. The van der Waals surface area contributed by atoms with Crippen LogP contribution in [0.2, 0.25) is 0 Å². The summed E-state index contributed by atoms with van der Waals surface area (Å²) in [6, 6.07) is 14.9. The lowest BCUT2D eigenvalue weighted by atomic mass is 10.1. The summed E-state index contributed by atoms with van der Waals surface area (Å²) in [6.45, 7) is 3.11. The number of anilines is 2. The van der Waals surface area contributed by atoms with Gasteiger partial charge in [-0.1, -0.05) is 12.1 Å². The molecule has 4 rings (SSSR count). The second-order valence-corrected chi connectivity index (χ2v) is 9.76. The van der Waals surface area contributed by atoms with Gasteiger partial charge in [-0.15, -0.1) is 0 Å². The minimum atomic E-state index is -0.725. The number of halogens is 2. The highest BCUT2D eigenvalue weighted by atomic mass is 79.9. The molecule has 1 saturated heterocycles. The Bertz CT molecular complexity index is 1530. The molecule has 0 bridgehead atoms. The molecule has 0 spiro atoms. The average Bonchev–Trinajstić information content (AvgIpc) is 3.17. The number of urea groups is 1. The first-order chi connectivity index (χ1) is 19.6. The van der Waals surface area contributed by atoms with Crippen molar-refractivity contribution in [1.29, 1.82) is 0 Å². The summed E-state index contributed by atoms with van der Waals surface area (Å²) in [6.07, 6.45) is 1.44. The second kappa shape index (κ2) is 13.1. The number of carbonyl (C=O) groups excluding carboxylic acids is 4. The Kier molecular flexibility index (Phi) is 9.35. The molecule has 0 radical (unpaired) electrons. The number of nitrogens with one attached hydrogen (secondary N) is 3. The van der Waals surface area contributed by atoms with E-state index in [1.165, 1.54) is 30.3 Å². The maximum atomic E-state index is 13.1. The van der Waals surface area contributed by atoms with E-state index in [2.05, 4.69) is 31.9 Å². The number of ether oxygens (including phenoxy) is 2. The number of hydrogen-bond acceptors (Lipinski definition) is 6. The molecule has 3 N–H and O–H groups in total.